The van der Waals surface area contributed by atoms with Crippen molar-refractivity contribution >= 4 is 29.1 Å². The van der Waals surface area contributed by atoms with Crippen molar-refractivity contribution in [3.8, 4) is 0 Å². The number of carbonyl (C=O) groups excluding carboxylic acids is 2. The predicted octanol–water partition coefficient (Wildman–Crippen LogP) is 3.79. The Kier molecular flexibility index (Phi) is 6.16. The number of nitrogens with one attached hydrogen (secondary N) is 2. The van der Waals surface area contributed by atoms with Crippen LogP contribution in [-0.4, -0.2) is 29.8 Å². The highest BCUT2D eigenvalue weighted by Gasteiger charge is 2.27. The fraction of sp³-hybridized carbons (Fsp3) is 0.217. The lowest BCUT2D eigenvalue weighted by Gasteiger charge is -2.34. The SMILES string of the molecule is O=C(NCC(c1ccco1)N1CCc2ccccc2C1)C(=O)Nc1ccc(Cl)cc1. The number of furan rings is 1. The number of benzene rings is 2. The van der Waals surface area contributed by atoms with Crippen molar-refractivity contribution in [3.63, 3.8) is 0 Å². The maximum absolute atomic E-state index is 12.4. The Morgan fingerprint density at radius 1 is 1.00 bits per heavy atom. The molecule has 1 aliphatic rings. The van der Waals surface area contributed by atoms with E-state index in [2.05, 4.69) is 33.7 Å². The van der Waals surface area contributed by atoms with Crippen LogP contribution >= 0.6 is 11.6 Å². The first-order valence-corrected chi connectivity index (χ1v) is 10.2. The van der Waals surface area contributed by atoms with Gasteiger partial charge in [-0.15, -0.1) is 0 Å². The van der Waals surface area contributed by atoms with Crippen LogP contribution in [0.5, 0.6) is 0 Å². The molecular weight excluding hydrogens is 402 g/mol. The number of anilines is 1. The van der Waals surface area contributed by atoms with Gasteiger partial charge in [-0.2, -0.15) is 0 Å². The van der Waals surface area contributed by atoms with Crippen molar-refractivity contribution in [1.82, 2.24) is 10.2 Å². The zero-order valence-corrected chi connectivity index (χ0v) is 17.1. The molecule has 2 heterocycles. The summed E-state index contributed by atoms with van der Waals surface area (Å²) < 4.78 is 5.63. The van der Waals surface area contributed by atoms with Gasteiger partial charge in [-0.25, -0.2) is 0 Å². The van der Waals surface area contributed by atoms with Gasteiger partial charge in [-0.3, -0.25) is 14.5 Å². The average Bonchev–Trinajstić information content (AvgIpc) is 3.30. The Balaban J connectivity index is 1.41. The van der Waals surface area contributed by atoms with Gasteiger partial charge in [0.05, 0.1) is 12.3 Å². The van der Waals surface area contributed by atoms with E-state index >= 15 is 0 Å². The highest BCUT2D eigenvalue weighted by atomic mass is 35.5. The molecule has 6 nitrogen and oxygen atoms in total. The molecule has 3 aromatic rings. The Bertz CT molecular complexity index is 1020. The van der Waals surface area contributed by atoms with Crippen LogP contribution in [0.2, 0.25) is 5.02 Å². The number of carbonyl (C=O) groups is 2. The molecular formula is C23H22ClN3O3. The summed E-state index contributed by atoms with van der Waals surface area (Å²) in [5.41, 5.74) is 3.13. The molecule has 1 aliphatic heterocycles. The van der Waals surface area contributed by atoms with Crippen LogP contribution in [0.4, 0.5) is 5.69 Å². The topological polar surface area (TPSA) is 74.6 Å². The Morgan fingerprint density at radius 3 is 2.50 bits per heavy atom. The van der Waals surface area contributed by atoms with Gasteiger partial charge in [0.25, 0.3) is 0 Å². The van der Waals surface area contributed by atoms with E-state index in [9.17, 15) is 9.59 Å². The second-order valence-corrected chi connectivity index (χ2v) is 7.63. The van der Waals surface area contributed by atoms with Crippen molar-refractivity contribution in [1.29, 1.82) is 0 Å². The molecule has 0 spiro atoms. The number of halogens is 1. The van der Waals surface area contributed by atoms with E-state index < -0.39 is 11.8 Å². The fourth-order valence-corrected chi connectivity index (χ4v) is 3.79. The van der Waals surface area contributed by atoms with Crippen LogP contribution in [0.25, 0.3) is 0 Å². The fourth-order valence-electron chi connectivity index (χ4n) is 3.66. The number of hydrogen-bond donors (Lipinski definition) is 2. The lowest BCUT2D eigenvalue weighted by molar-refractivity contribution is -0.136. The molecule has 2 N–H and O–H groups in total. The molecule has 154 valence electrons. The lowest BCUT2D eigenvalue weighted by atomic mass is 9.98. The first-order valence-electron chi connectivity index (χ1n) is 9.79. The molecule has 2 amide bonds. The molecule has 0 aliphatic carbocycles. The molecule has 30 heavy (non-hydrogen) atoms. The van der Waals surface area contributed by atoms with Gasteiger partial charge in [0.15, 0.2) is 0 Å². The number of fused-ring (bicyclic) bond motifs is 1. The van der Waals surface area contributed by atoms with E-state index in [-0.39, 0.29) is 12.6 Å². The van der Waals surface area contributed by atoms with Crippen molar-refractivity contribution < 1.29 is 14.0 Å². The largest absolute Gasteiger partial charge is 0.468 e. The van der Waals surface area contributed by atoms with Gasteiger partial charge >= 0.3 is 11.8 Å². The zero-order valence-electron chi connectivity index (χ0n) is 16.3. The molecule has 2 aromatic carbocycles. The van der Waals surface area contributed by atoms with Crippen LogP contribution in [0.15, 0.2) is 71.3 Å². The zero-order chi connectivity index (χ0) is 20.9. The third kappa shape index (κ3) is 4.72. The first-order chi connectivity index (χ1) is 14.6. The quantitative estimate of drug-likeness (QED) is 0.612. The maximum atomic E-state index is 12.4. The predicted molar refractivity (Wildman–Crippen MR) is 115 cm³/mol. The van der Waals surface area contributed by atoms with Crippen molar-refractivity contribution in [2.24, 2.45) is 0 Å². The average molecular weight is 424 g/mol. The van der Waals surface area contributed by atoms with Gasteiger partial charge in [0.2, 0.25) is 0 Å². The molecule has 4 rings (SSSR count). The standard InChI is InChI=1S/C23H22ClN3O3/c24-18-7-9-19(10-8-18)26-23(29)22(28)25-14-20(21-6-3-13-30-21)27-12-11-16-4-1-2-5-17(16)15-27/h1-10,13,20H,11-12,14-15H2,(H,25,28)(H,26,29). The van der Waals surface area contributed by atoms with Gasteiger partial charge in [-0.1, -0.05) is 35.9 Å². The summed E-state index contributed by atoms with van der Waals surface area (Å²) in [5.74, 6) is -0.661. The Morgan fingerprint density at radius 2 is 1.77 bits per heavy atom. The summed E-state index contributed by atoms with van der Waals surface area (Å²) >= 11 is 5.84. The van der Waals surface area contributed by atoms with E-state index in [1.54, 1.807) is 30.5 Å². The molecule has 1 unspecified atom stereocenters. The lowest BCUT2D eigenvalue weighted by Crippen LogP contribution is -2.43. The van der Waals surface area contributed by atoms with Gasteiger partial charge < -0.3 is 15.1 Å². The van der Waals surface area contributed by atoms with Crippen LogP contribution < -0.4 is 10.6 Å². The van der Waals surface area contributed by atoms with Gasteiger partial charge in [0, 0.05) is 30.3 Å². The van der Waals surface area contributed by atoms with E-state index in [1.807, 2.05) is 18.2 Å². The van der Waals surface area contributed by atoms with Crippen molar-refractivity contribution in [3.05, 3.63) is 88.8 Å². The van der Waals surface area contributed by atoms with Crippen LogP contribution in [0.1, 0.15) is 22.9 Å². The maximum Gasteiger partial charge on any atom is 0.313 e. The highest BCUT2D eigenvalue weighted by Crippen LogP contribution is 2.27. The molecule has 1 aromatic heterocycles. The molecule has 0 radical (unpaired) electrons. The van der Waals surface area contributed by atoms with Crippen LogP contribution in [0, 0.1) is 0 Å². The molecule has 7 heteroatoms. The summed E-state index contributed by atoms with van der Waals surface area (Å²) in [4.78, 5) is 26.9. The second-order valence-electron chi connectivity index (χ2n) is 7.19. The Labute approximate surface area is 179 Å². The van der Waals surface area contributed by atoms with Crippen LogP contribution in [-0.2, 0) is 22.6 Å². The minimum Gasteiger partial charge on any atom is -0.468 e. The smallest absolute Gasteiger partial charge is 0.313 e. The van der Waals surface area contributed by atoms with E-state index in [0.29, 0.717) is 10.7 Å². The highest BCUT2D eigenvalue weighted by molar-refractivity contribution is 6.39. The summed E-state index contributed by atoms with van der Waals surface area (Å²) in [7, 11) is 0. The summed E-state index contributed by atoms with van der Waals surface area (Å²) in [6.07, 6.45) is 2.55. The van der Waals surface area contributed by atoms with Crippen molar-refractivity contribution in [2.75, 3.05) is 18.4 Å². The van der Waals surface area contributed by atoms with Crippen LogP contribution in [0.3, 0.4) is 0 Å². The normalized spacial score (nSPS) is 14.6. The molecule has 0 fully saturated rings. The molecule has 0 bridgehead atoms. The number of hydrogen-bond acceptors (Lipinski definition) is 4. The van der Waals surface area contributed by atoms with Gasteiger partial charge in [0.1, 0.15) is 5.76 Å². The molecule has 1 atom stereocenters. The monoisotopic (exact) mass is 423 g/mol. The number of rotatable bonds is 5. The third-order valence-electron chi connectivity index (χ3n) is 5.24. The van der Waals surface area contributed by atoms with Gasteiger partial charge in [-0.05, 0) is 53.9 Å². The molecule has 0 saturated carbocycles. The van der Waals surface area contributed by atoms with E-state index in [4.69, 9.17) is 16.0 Å². The second kappa shape index (κ2) is 9.15. The van der Waals surface area contributed by atoms with E-state index in [0.717, 1.165) is 25.3 Å². The molecule has 0 saturated heterocycles. The van der Waals surface area contributed by atoms with Crippen molar-refractivity contribution in [2.45, 2.75) is 19.0 Å². The minimum atomic E-state index is -0.723. The summed E-state index contributed by atoms with van der Waals surface area (Å²) in [6.45, 7) is 1.87. The number of amides is 2. The first kappa shape index (κ1) is 20.2. The minimum absolute atomic E-state index is 0.166. The third-order valence-corrected chi connectivity index (χ3v) is 5.49. The van der Waals surface area contributed by atoms with E-state index in [1.165, 1.54) is 11.1 Å². The summed E-state index contributed by atoms with van der Waals surface area (Å²) in [6, 6.07) is 18.5. The number of nitrogens with zero attached hydrogens (tertiary/aromatic N) is 1. The summed E-state index contributed by atoms with van der Waals surface area (Å²) in [5, 5.41) is 5.88. The Hall–Kier alpha value is -3.09.